The molecule has 0 radical (unpaired) electrons. The zero-order valence-electron chi connectivity index (χ0n) is 9.85. The molecular formula is C9H24N2O2Si. The summed E-state index contributed by atoms with van der Waals surface area (Å²) < 4.78 is 11.5. The van der Waals surface area contributed by atoms with Gasteiger partial charge in [0.05, 0.1) is 0 Å². The van der Waals surface area contributed by atoms with Gasteiger partial charge in [0.25, 0.3) is 0 Å². The van der Waals surface area contributed by atoms with Gasteiger partial charge in [-0.2, -0.15) is 0 Å². The van der Waals surface area contributed by atoms with E-state index >= 15 is 0 Å². The topological polar surface area (TPSA) is 42.5 Å². The van der Waals surface area contributed by atoms with Crippen LogP contribution in [-0.2, 0) is 8.85 Å². The highest BCUT2D eigenvalue weighted by molar-refractivity contribution is 6.62. The second kappa shape index (κ2) is 8.37. The summed E-state index contributed by atoms with van der Waals surface area (Å²) in [4.78, 5) is 6.63. The first-order valence-electron chi connectivity index (χ1n) is 5.52. The lowest BCUT2D eigenvalue weighted by Crippen LogP contribution is -2.67. The van der Waals surface area contributed by atoms with E-state index in [1.165, 1.54) is 0 Å². The van der Waals surface area contributed by atoms with E-state index in [0.717, 1.165) is 26.1 Å². The van der Waals surface area contributed by atoms with E-state index in [4.69, 9.17) is 8.85 Å². The largest absolute Gasteiger partial charge is 0.516 e. The van der Waals surface area contributed by atoms with Gasteiger partial charge in [-0.3, -0.25) is 9.96 Å². The van der Waals surface area contributed by atoms with E-state index < -0.39 is 8.88 Å². The molecule has 0 aromatic carbocycles. The lowest BCUT2D eigenvalue weighted by Gasteiger charge is -2.29. The Hall–Kier alpha value is 0.0569. The summed E-state index contributed by atoms with van der Waals surface area (Å²) in [6.07, 6.45) is 1.01. The molecule has 0 aliphatic heterocycles. The first-order valence-corrected chi connectivity index (χ1v) is 7.34. The summed E-state index contributed by atoms with van der Waals surface area (Å²) in [5, 5.41) is 0. The molecule has 14 heavy (non-hydrogen) atoms. The average molecular weight is 220 g/mol. The van der Waals surface area contributed by atoms with Crippen LogP contribution >= 0.6 is 0 Å². The van der Waals surface area contributed by atoms with Gasteiger partial charge in [0.1, 0.15) is 0 Å². The molecule has 86 valence electrons. The van der Waals surface area contributed by atoms with Crippen molar-refractivity contribution in [3.8, 4) is 0 Å². The molecule has 0 rings (SSSR count). The lowest BCUT2D eigenvalue weighted by atomic mass is 10.5. The Balaban J connectivity index is 4.21. The summed E-state index contributed by atoms with van der Waals surface area (Å²) in [5.41, 5.74) is 0. The maximum absolute atomic E-state index is 5.79. The fraction of sp³-hybridized carbons (Fsp3) is 1.00. The van der Waals surface area contributed by atoms with Crippen LogP contribution in [0.15, 0.2) is 0 Å². The molecule has 4 nitrogen and oxygen atoms in total. The van der Waals surface area contributed by atoms with Crippen molar-refractivity contribution in [3.05, 3.63) is 0 Å². The molecule has 0 fully saturated rings. The van der Waals surface area contributed by atoms with Crippen molar-refractivity contribution < 1.29 is 8.85 Å². The van der Waals surface area contributed by atoms with Crippen LogP contribution in [0.2, 0.25) is 0 Å². The second-order valence-electron chi connectivity index (χ2n) is 2.96. The SMILES string of the molecule is CCCO[Si](NCC)(NCC)OCC. The molecular weight excluding hydrogens is 196 g/mol. The normalized spacial score (nSPS) is 12.0. The van der Waals surface area contributed by atoms with Gasteiger partial charge in [-0.25, -0.2) is 0 Å². The molecule has 0 saturated heterocycles. The van der Waals surface area contributed by atoms with Crippen LogP contribution in [0.5, 0.6) is 0 Å². The van der Waals surface area contributed by atoms with Gasteiger partial charge in [0, 0.05) is 13.2 Å². The summed E-state index contributed by atoms with van der Waals surface area (Å²) >= 11 is 0. The minimum absolute atomic E-state index is 0.677. The zero-order valence-corrected chi connectivity index (χ0v) is 10.9. The van der Waals surface area contributed by atoms with Gasteiger partial charge in [-0.05, 0) is 26.4 Å². The van der Waals surface area contributed by atoms with Crippen LogP contribution in [0.25, 0.3) is 0 Å². The first-order chi connectivity index (χ1) is 6.74. The summed E-state index contributed by atoms with van der Waals surface area (Å²) in [6.45, 7) is 11.4. The number of hydrogen-bond donors (Lipinski definition) is 2. The van der Waals surface area contributed by atoms with E-state index in [1.54, 1.807) is 0 Å². The molecule has 5 heteroatoms. The van der Waals surface area contributed by atoms with Crippen LogP contribution in [0.3, 0.4) is 0 Å². The van der Waals surface area contributed by atoms with Gasteiger partial charge in [0.2, 0.25) is 0 Å². The fourth-order valence-corrected chi connectivity index (χ4v) is 3.67. The Morgan fingerprint density at radius 3 is 1.86 bits per heavy atom. The highest BCUT2D eigenvalue weighted by Crippen LogP contribution is 2.00. The average Bonchev–Trinajstić information content (AvgIpc) is 2.16. The van der Waals surface area contributed by atoms with Crippen molar-refractivity contribution in [2.75, 3.05) is 26.3 Å². The molecule has 0 aliphatic carbocycles. The summed E-state index contributed by atoms with van der Waals surface area (Å²) in [6, 6.07) is 0. The lowest BCUT2D eigenvalue weighted by molar-refractivity contribution is 0.153. The van der Waals surface area contributed by atoms with E-state index in [1.807, 2.05) is 6.92 Å². The Labute approximate surface area is 88.8 Å². The Morgan fingerprint density at radius 2 is 1.50 bits per heavy atom. The van der Waals surface area contributed by atoms with Gasteiger partial charge in [-0.1, -0.05) is 20.8 Å². The van der Waals surface area contributed by atoms with Crippen LogP contribution in [-0.4, -0.2) is 35.2 Å². The van der Waals surface area contributed by atoms with Crippen molar-refractivity contribution >= 4 is 8.88 Å². The van der Waals surface area contributed by atoms with Crippen LogP contribution in [0.1, 0.15) is 34.1 Å². The Morgan fingerprint density at radius 1 is 0.929 bits per heavy atom. The molecule has 0 heterocycles. The standard InChI is InChI=1S/C9H24N2O2Si/c1-5-9-13-14(10-6-2,11-7-3)12-8-4/h10-11H,5-9H2,1-4H3. The predicted molar refractivity (Wildman–Crippen MR) is 61.0 cm³/mol. The maximum atomic E-state index is 5.79. The highest BCUT2D eigenvalue weighted by Gasteiger charge is 2.37. The first kappa shape index (κ1) is 14.1. The minimum atomic E-state index is -2.32. The van der Waals surface area contributed by atoms with E-state index in [-0.39, 0.29) is 0 Å². The molecule has 0 atom stereocenters. The minimum Gasteiger partial charge on any atom is -0.371 e. The van der Waals surface area contributed by atoms with Gasteiger partial charge in [0.15, 0.2) is 0 Å². The van der Waals surface area contributed by atoms with E-state index in [0.29, 0.717) is 6.61 Å². The highest BCUT2D eigenvalue weighted by atomic mass is 28.4. The third-order valence-electron chi connectivity index (χ3n) is 1.68. The third-order valence-corrected chi connectivity index (χ3v) is 4.62. The van der Waals surface area contributed by atoms with E-state index in [9.17, 15) is 0 Å². The van der Waals surface area contributed by atoms with Crippen molar-refractivity contribution in [2.24, 2.45) is 0 Å². The molecule has 0 bridgehead atoms. The molecule has 0 aliphatic rings. The van der Waals surface area contributed by atoms with Crippen LogP contribution in [0.4, 0.5) is 0 Å². The molecule has 0 spiro atoms. The zero-order chi connectivity index (χ0) is 10.9. The number of nitrogens with one attached hydrogen (secondary N) is 2. The quantitative estimate of drug-likeness (QED) is 0.571. The van der Waals surface area contributed by atoms with Gasteiger partial charge in [-0.15, -0.1) is 0 Å². The van der Waals surface area contributed by atoms with Crippen molar-refractivity contribution in [1.82, 2.24) is 9.96 Å². The van der Waals surface area contributed by atoms with Crippen molar-refractivity contribution in [2.45, 2.75) is 34.1 Å². The molecule has 0 aromatic rings. The third kappa shape index (κ3) is 5.07. The summed E-state index contributed by atoms with van der Waals surface area (Å²) in [7, 11) is -2.32. The Kier molecular flexibility index (Phi) is 8.41. The second-order valence-corrected chi connectivity index (χ2v) is 5.48. The molecule has 0 unspecified atom stereocenters. The molecule has 0 aromatic heterocycles. The predicted octanol–water partition coefficient (Wildman–Crippen LogP) is 1.10. The van der Waals surface area contributed by atoms with E-state index in [2.05, 4.69) is 30.7 Å². The number of hydrogen-bond acceptors (Lipinski definition) is 4. The van der Waals surface area contributed by atoms with Crippen LogP contribution in [0, 0.1) is 0 Å². The number of rotatable bonds is 9. The van der Waals surface area contributed by atoms with Gasteiger partial charge < -0.3 is 8.85 Å². The Bertz CT molecular complexity index is 119. The maximum Gasteiger partial charge on any atom is 0.516 e. The fourth-order valence-electron chi connectivity index (χ4n) is 1.22. The van der Waals surface area contributed by atoms with Crippen LogP contribution < -0.4 is 9.96 Å². The van der Waals surface area contributed by atoms with Crippen molar-refractivity contribution in [3.63, 3.8) is 0 Å². The van der Waals surface area contributed by atoms with Gasteiger partial charge >= 0.3 is 8.88 Å². The molecule has 2 N–H and O–H groups in total. The monoisotopic (exact) mass is 220 g/mol. The van der Waals surface area contributed by atoms with Crippen molar-refractivity contribution in [1.29, 1.82) is 0 Å². The molecule has 0 amide bonds. The summed E-state index contributed by atoms with van der Waals surface area (Å²) in [5.74, 6) is 0. The smallest absolute Gasteiger partial charge is 0.371 e. The molecule has 0 saturated carbocycles.